The van der Waals surface area contributed by atoms with Gasteiger partial charge in [0, 0.05) is 31.4 Å². The standard InChI is InChI=1S/C8H14N4/c1-12-3-2-9-6-8(12)7-4-10-11-5-7/h4-5,8-9H,2-3,6H2,1H3,(H,10,11). The van der Waals surface area contributed by atoms with Crippen molar-refractivity contribution in [3.63, 3.8) is 0 Å². The van der Waals surface area contributed by atoms with E-state index in [-0.39, 0.29) is 0 Å². The number of rotatable bonds is 1. The van der Waals surface area contributed by atoms with Gasteiger partial charge in [0.2, 0.25) is 0 Å². The van der Waals surface area contributed by atoms with Crippen molar-refractivity contribution in [1.82, 2.24) is 20.4 Å². The fraction of sp³-hybridized carbons (Fsp3) is 0.625. The van der Waals surface area contributed by atoms with Gasteiger partial charge in [-0.15, -0.1) is 0 Å². The van der Waals surface area contributed by atoms with E-state index in [2.05, 4.69) is 27.5 Å². The third kappa shape index (κ3) is 1.35. The number of hydrogen-bond acceptors (Lipinski definition) is 3. The molecule has 0 aromatic carbocycles. The van der Waals surface area contributed by atoms with E-state index in [0.29, 0.717) is 6.04 Å². The summed E-state index contributed by atoms with van der Waals surface area (Å²) < 4.78 is 0. The molecular formula is C8H14N4. The Balaban J connectivity index is 2.11. The van der Waals surface area contributed by atoms with E-state index in [1.165, 1.54) is 5.56 Å². The predicted octanol–water partition coefficient (Wildman–Crippen LogP) is -0.0142. The molecule has 0 amide bonds. The molecule has 12 heavy (non-hydrogen) atoms. The Morgan fingerprint density at radius 2 is 2.58 bits per heavy atom. The van der Waals surface area contributed by atoms with E-state index in [9.17, 15) is 0 Å². The molecule has 1 aliphatic heterocycles. The predicted molar refractivity (Wildman–Crippen MR) is 46.8 cm³/mol. The summed E-state index contributed by atoms with van der Waals surface area (Å²) >= 11 is 0. The van der Waals surface area contributed by atoms with Crippen LogP contribution in [0, 0.1) is 0 Å². The van der Waals surface area contributed by atoms with E-state index >= 15 is 0 Å². The molecule has 0 radical (unpaired) electrons. The highest BCUT2D eigenvalue weighted by molar-refractivity contribution is 5.10. The Bertz CT molecular complexity index is 231. The molecule has 4 nitrogen and oxygen atoms in total. The van der Waals surface area contributed by atoms with Crippen LogP contribution in [0.2, 0.25) is 0 Å². The van der Waals surface area contributed by atoms with Crippen molar-refractivity contribution in [3.8, 4) is 0 Å². The van der Waals surface area contributed by atoms with Gasteiger partial charge >= 0.3 is 0 Å². The third-order valence-corrected chi connectivity index (χ3v) is 2.42. The highest BCUT2D eigenvalue weighted by atomic mass is 15.2. The number of hydrogen-bond donors (Lipinski definition) is 2. The smallest absolute Gasteiger partial charge is 0.0535 e. The topological polar surface area (TPSA) is 44.0 Å². The van der Waals surface area contributed by atoms with Gasteiger partial charge in [-0.25, -0.2) is 0 Å². The fourth-order valence-corrected chi connectivity index (χ4v) is 1.62. The SMILES string of the molecule is CN1CCNCC1c1cn[nH]c1. The molecule has 0 bridgehead atoms. The number of piperazine rings is 1. The van der Waals surface area contributed by atoms with E-state index in [1.807, 2.05) is 12.4 Å². The molecule has 0 spiro atoms. The van der Waals surface area contributed by atoms with Crippen LogP contribution in [0.4, 0.5) is 0 Å². The van der Waals surface area contributed by atoms with Crippen LogP contribution in [-0.4, -0.2) is 41.8 Å². The maximum atomic E-state index is 3.95. The summed E-state index contributed by atoms with van der Waals surface area (Å²) in [4.78, 5) is 2.35. The maximum absolute atomic E-state index is 3.95. The molecule has 1 aliphatic rings. The molecular weight excluding hydrogens is 152 g/mol. The Hall–Kier alpha value is -0.870. The minimum Gasteiger partial charge on any atom is -0.314 e. The Morgan fingerprint density at radius 3 is 3.25 bits per heavy atom. The van der Waals surface area contributed by atoms with Gasteiger partial charge < -0.3 is 5.32 Å². The highest BCUT2D eigenvalue weighted by Crippen LogP contribution is 2.18. The van der Waals surface area contributed by atoms with Crippen molar-refractivity contribution in [2.45, 2.75) is 6.04 Å². The first-order chi connectivity index (χ1) is 5.88. The van der Waals surface area contributed by atoms with Gasteiger partial charge in [0.15, 0.2) is 0 Å². The molecule has 2 heterocycles. The van der Waals surface area contributed by atoms with Crippen molar-refractivity contribution in [2.24, 2.45) is 0 Å². The summed E-state index contributed by atoms with van der Waals surface area (Å²) in [5, 5.41) is 10.2. The average molecular weight is 166 g/mol. The lowest BCUT2D eigenvalue weighted by atomic mass is 10.1. The number of nitrogens with zero attached hydrogens (tertiary/aromatic N) is 2. The molecule has 1 fully saturated rings. The summed E-state index contributed by atoms with van der Waals surface area (Å²) in [7, 11) is 2.15. The van der Waals surface area contributed by atoms with Crippen LogP contribution in [0.15, 0.2) is 12.4 Å². The normalized spacial score (nSPS) is 25.9. The first kappa shape index (κ1) is 7.76. The summed E-state index contributed by atoms with van der Waals surface area (Å²) in [6.45, 7) is 3.22. The van der Waals surface area contributed by atoms with Gasteiger partial charge in [-0.1, -0.05) is 0 Å². The van der Waals surface area contributed by atoms with E-state index < -0.39 is 0 Å². The lowest BCUT2D eigenvalue weighted by Crippen LogP contribution is -2.43. The fourth-order valence-electron chi connectivity index (χ4n) is 1.62. The molecule has 0 aliphatic carbocycles. The number of aromatic amines is 1. The quantitative estimate of drug-likeness (QED) is 0.616. The number of H-pyrrole nitrogens is 1. The third-order valence-electron chi connectivity index (χ3n) is 2.42. The molecule has 0 saturated carbocycles. The molecule has 66 valence electrons. The number of aromatic nitrogens is 2. The van der Waals surface area contributed by atoms with Crippen molar-refractivity contribution in [1.29, 1.82) is 0 Å². The second kappa shape index (κ2) is 3.25. The van der Waals surface area contributed by atoms with Crippen molar-refractivity contribution < 1.29 is 0 Å². The zero-order chi connectivity index (χ0) is 8.39. The summed E-state index contributed by atoms with van der Waals surface area (Å²) in [6.07, 6.45) is 3.86. The molecule has 1 aromatic rings. The van der Waals surface area contributed by atoms with Crippen LogP contribution in [0.1, 0.15) is 11.6 Å². The minimum absolute atomic E-state index is 0.484. The summed E-state index contributed by atoms with van der Waals surface area (Å²) in [5.41, 5.74) is 1.27. The highest BCUT2D eigenvalue weighted by Gasteiger charge is 2.20. The Morgan fingerprint density at radius 1 is 1.67 bits per heavy atom. The van der Waals surface area contributed by atoms with Crippen LogP contribution in [-0.2, 0) is 0 Å². The Labute approximate surface area is 72.0 Å². The van der Waals surface area contributed by atoms with Gasteiger partial charge in [-0.3, -0.25) is 10.00 Å². The zero-order valence-electron chi connectivity index (χ0n) is 7.25. The second-order valence-corrected chi connectivity index (χ2v) is 3.23. The van der Waals surface area contributed by atoms with Crippen molar-refractivity contribution in [2.75, 3.05) is 26.7 Å². The van der Waals surface area contributed by atoms with E-state index in [4.69, 9.17) is 0 Å². The minimum atomic E-state index is 0.484. The molecule has 1 unspecified atom stereocenters. The number of nitrogens with one attached hydrogen (secondary N) is 2. The van der Waals surface area contributed by atoms with Crippen LogP contribution >= 0.6 is 0 Å². The first-order valence-electron chi connectivity index (χ1n) is 4.27. The lowest BCUT2D eigenvalue weighted by molar-refractivity contribution is 0.202. The molecule has 2 N–H and O–H groups in total. The van der Waals surface area contributed by atoms with Gasteiger partial charge in [0.05, 0.1) is 12.2 Å². The maximum Gasteiger partial charge on any atom is 0.0535 e. The number of likely N-dealkylation sites (N-methyl/N-ethyl adjacent to an activating group) is 1. The second-order valence-electron chi connectivity index (χ2n) is 3.23. The van der Waals surface area contributed by atoms with Crippen LogP contribution in [0.3, 0.4) is 0 Å². The van der Waals surface area contributed by atoms with Gasteiger partial charge in [0.25, 0.3) is 0 Å². The van der Waals surface area contributed by atoms with Crippen LogP contribution in [0.25, 0.3) is 0 Å². The lowest BCUT2D eigenvalue weighted by Gasteiger charge is -2.32. The average Bonchev–Trinajstić information content (AvgIpc) is 2.57. The Kier molecular flexibility index (Phi) is 2.10. The van der Waals surface area contributed by atoms with Gasteiger partial charge in [-0.2, -0.15) is 5.10 Å². The summed E-state index contributed by atoms with van der Waals surface area (Å²) in [6, 6.07) is 0.484. The molecule has 4 heteroatoms. The summed E-state index contributed by atoms with van der Waals surface area (Å²) in [5.74, 6) is 0. The van der Waals surface area contributed by atoms with Crippen molar-refractivity contribution >= 4 is 0 Å². The van der Waals surface area contributed by atoms with E-state index in [0.717, 1.165) is 19.6 Å². The van der Waals surface area contributed by atoms with E-state index in [1.54, 1.807) is 0 Å². The monoisotopic (exact) mass is 166 g/mol. The molecule has 1 aromatic heterocycles. The van der Waals surface area contributed by atoms with Crippen LogP contribution in [0.5, 0.6) is 0 Å². The van der Waals surface area contributed by atoms with Crippen LogP contribution < -0.4 is 5.32 Å². The zero-order valence-corrected chi connectivity index (χ0v) is 7.25. The van der Waals surface area contributed by atoms with Gasteiger partial charge in [0.1, 0.15) is 0 Å². The van der Waals surface area contributed by atoms with Gasteiger partial charge in [-0.05, 0) is 7.05 Å². The largest absolute Gasteiger partial charge is 0.314 e. The van der Waals surface area contributed by atoms with Crippen molar-refractivity contribution in [3.05, 3.63) is 18.0 Å². The molecule has 2 rings (SSSR count). The molecule has 1 atom stereocenters. The molecule has 1 saturated heterocycles. The first-order valence-corrected chi connectivity index (χ1v) is 4.27.